The van der Waals surface area contributed by atoms with Crippen LogP contribution in [0.15, 0.2) is 364 Å². The zero-order valence-corrected chi connectivity index (χ0v) is 54.1. The van der Waals surface area contributed by atoms with E-state index >= 15 is 0 Å². The minimum Gasteiger partial charge on any atom is -0.550 e. The maximum Gasteiger partial charge on any atom is 4.00 e. The van der Waals surface area contributed by atoms with Gasteiger partial charge in [0, 0.05) is 49.6 Å². The Balaban J connectivity index is 0.000000159. The van der Waals surface area contributed by atoms with E-state index in [2.05, 4.69) is 0 Å². The van der Waals surface area contributed by atoms with E-state index in [1.54, 1.807) is 0 Å². The second-order valence-corrected chi connectivity index (χ2v) is 22.2. The first-order valence-corrected chi connectivity index (χ1v) is 30.4. The Kier molecular flexibility index (Phi) is 24.5. The summed E-state index contributed by atoms with van der Waals surface area (Å²) < 4.78 is 0. The average molecular weight is 1320 g/mol. The number of carboxylic acid groups (broad SMARTS) is 4. The molecule has 0 spiro atoms. The molecule has 0 unspecified atom stereocenters. The van der Waals surface area contributed by atoms with Gasteiger partial charge in [-0.2, -0.15) is 0 Å². The molecule has 0 fully saturated rings. The normalized spacial score (nSPS) is 11.0. The maximum atomic E-state index is 11.6. The SMILES string of the molecule is O=C([O-])CC(c1ccccc1)(c1ccccc1)c1ccccc1.O=C([O-])CC(c1ccccc1)(c1ccccc1)c1ccccc1.O=C([O-])CC(c1ccccc1)(c1ccccc1)c1ccccc1.O=C([O-])CC(c1ccccc1)(c1ccccc1)c1ccccc1.[Sn+4]. The third-order valence-corrected chi connectivity index (χ3v) is 16.8. The molecule has 0 aliphatic carbocycles. The van der Waals surface area contributed by atoms with Crippen LogP contribution in [0.1, 0.15) is 92.4 Å². The Morgan fingerprint density at radius 2 is 0.247 bits per heavy atom. The summed E-state index contributed by atoms with van der Waals surface area (Å²) in [7, 11) is 0. The summed E-state index contributed by atoms with van der Waals surface area (Å²) in [6.45, 7) is 0. The first-order valence-electron chi connectivity index (χ1n) is 30.4. The van der Waals surface area contributed by atoms with Crippen LogP contribution in [0.2, 0.25) is 0 Å². The van der Waals surface area contributed by atoms with Crippen molar-refractivity contribution in [1.82, 2.24) is 0 Å². The quantitative estimate of drug-likeness (QED) is 0.0538. The maximum absolute atomic E-state index is 11.6. The van der Waals surface area contributed by atoms with E-state index in [0.717, 1.165) is 66.8 Å². The molecular formula is C84H68O8Sn. The number of hydrogen-bond acceptors (Lipinski definition) is 8. The van der Waals surface area contributed by atoms with E-state index in [-0.39, 0.29) is 49.6 Å². The second-order valence-electron chi connectivity index (χ2n) is 22.2. The van der Waals surface area contributed by atoms with Gasteiger partial charge in [-0.25, -0.2) is 0 Å². The van der Waals surface area contributed by atoms with Crippen molar-refractivity contribution in [1.29, 1.82) is 0 Å². The molecule has 12 aromatic carbocycles. The van der Waals surface area contributed by atoms with E-state index < -0.39 is 45.5 Å². The molecule has 8 nitrogen and oxygen atoms in total. The van der Waals surface area contributed by atoms with Gasteiger partial charge < -0.3 is 39.6 Å². The monoisotopic (exact) mass is 1320 g/mol. The van der Waals surface area contributed by atoms with E-state index in [1.807, 2.05) is 364 Å². The van der Waals surface area contributed by atoms with Crippen molar-refractivity contribution in [2.24, 2.45) is 0 Å². The van der Waals surface area contributed by atoms with Crippen LogP contribution in [-0.4, -0.2) is 47.8 Å². The molecule has 0 bridgehead atoms. The van der Waals surface area contributed by atoms with Gasteiger partial charge in [-0.15, -0.1) is 0 Å². The standard InChI is InChI=1S/4C21H18O2.Sn/c4*22-20(23)16-21(17-10-4-1-5-11-17,18-12-6-2-7-13-18)19-14-8-3-9-15-19;/h4*1-15H,16H2,(H,22,23);/q;;;;+4/p-4. The fraction of sp³-hybridized carbons (Fsp3) is 0.0952. The minimum absolute atomic E-state index is 0. The Labute approximate surface area is 561 Å². The molecule has 0 aliphatic rings. The number of carbonyl (C=O) groups excluding carboxylic acids is 4. The zero-order valence-electron chi connectivity index (χ0n) is 51.2. The van der Waals surface area contributed by atoms with Gasteiger partial charge in [0.1, 0.15) is 0 Å². The average Bonchev–Trinajstić information content (AvgIpc) is 0.819. The van der Waals surface area contributed by atoms with Crippen LogP contribution in [0.4, 0.5) is 0 Å². The van der Waals surface area contributed by atoms with Crippen molar-refractivity contribution in [3.05, 3.63) is 431 Å². The van der Waals surface area contributed by atoms with Crippen molar-refractivity contribution in [2.75, 3.05) is 0 Å². The molecule has 0 N–H and O–H groups in total. The summed E-state index contributed by atoms with van der Waals surface area (Å²) in [6, 6.07) is 117. The third kappa shape index (κ3) is 16.3. The molecule has 12 rings (SSSR count). The van der Waals surface area contributed by atoms with E-state index in [0.29, 0.717) is 0 Å². The fourth-order valence-corrected chi connectivity index (χ4v) is 12.8. The van der Waals surface area contributed by atoms with Crippen LogP contribution in [0, 0.1) is 0 Å². The smallest absolute Gasteiger partial charge is 0.550 e. The summed E-state index contributed by atoms with van der Waals surface area (Å²) in [5.74, 6) is -4.27. The molecule has 0 atom stereocenters. The van der Waals surface area contributed by atoms with Gasteiger partial charge in [0.2, 0.25) is 0 Å². The number of rotatable bonds is 20. The Morgan fingerprint density at radius 1 is 0.172 bits per heavy atom. The van der Waals surface area contributed by atoms with E-state index in [9.17, 15) is 39.6 Å². The van der Waals surface area contributed by atoms with Crippen LogP contribution < -0.4 is 20.4 Å². The number of carbonyl (C=O) groups is 4. The third-order valence-electron chi connectivity index (χ3n) is 16.8. The molecule has 12 aromatic rings. The van der Waals surface area contributed by atoms with Crippen molar-refractivity contribution in [2.45, 2.75) is 47.3 Å². The molecule has 0 amide bonds. The zero-order chi connectivity index (χ0) is 64.5. The number of carboxylic acids is 4. The Bertz CT molecular complexity index is 3230. The van der Waals surface area contributed by atoms with E-state index in [4.69, 9.17) is 0 Å². The van der Waals surface area contributed by atoms with Crippen molar-refractivity contribution in [3.63, 3.8) is 0 Å². The molecule has 0 aromatic heterocycles. The topological polar surface area (TPSA) is 161 Å². The molecule has 9 heteroatoms. The van der Waals surface area contributed by atoms with Gasteiger partial charge in [0.25, 0.3) is 0 Å². The van der Waals surface area contributed by atoms with Crippen LogP contribution in [-0.2, 0) is 40.8 Å². The van der Waals surface area contributed by atoms with Gasteiger partial charge >= 0.3 is 23.9 Å². The molecule has 0 radical (unpaired) electrons. The van der Waals surface area contributed by atoms with Gasteiger partial charge in [-0.1, -0.05) is 364 Å². The summed E-state index contributed by atoms with van der Waals surface area (Å²) in [5, 5.41) is 46.5. The Morgan fingerprint density at radius 3 is 0.312 bits per heavy atom. The van der Waals surface area contributed by atoms with E-state index in [1.165, 1.54) is 0 Å². The van der Waals surface area contributed by atoms with Crippen molar-refractivity contribution in [3.8, 4) is 0 Å². The predicted molar refractivity (Wildman–Crippen MR) is 361 cm³/mol. The van der Waals surface area contributed by atoms with Crippen LogP contribution in [0.3, 0.4) is 0 Å². The molecule has 0 aliphatic heterocycles. The molecule has 0 saturated heterocycles. The Hall–Kier alpha value is -10.7. The van der Waals surface area contributed by atoms with Gasteiger partial charge in [0.05, 0.1) is 21.7 Å². The molecule has 0 heterocycles. The second kappa shape index (κ2) is 33.4. The van der Waals surface area contributed by atoms with Crippen LogP contribution in [0.5, 0.6) is 0 Å². The van der Waals surface area contributed by atoms with Gasteiger partial charge in [-0.3, -0.25) is 0 Å². The van der Waals surface area contributed by atoms with Crippen LogP contribution >= 0.6 is 0 Å². The minimum atomic E-state index is -1.07. The van der Waals surface area contributed by atoms with Crippen molar-refractivity contribution >= 4 is 47.8 Å². The fourth-order valence-electron chi connectivity index (χ4n) is 12.8. The summed E-state index contributed by atoms with van der Waals surface area (Å²) in [4.78, 5) is 46.5. The number of hydrogen-bond donors (Lipinski definition) is 0. The van der Waals surface area contributed by atoms with Gasteiger partial charge in [0.15, 0.2) is 0 Å². The largest absolute Gasteiger partial charge is 4.00 e. The number of benzene rings is 12. The first-order chi connectivity index (χ1) is 44.9. The number of aliphatic carboxylic acids is 4. The predicted octanol–water partition coefficient (Wildman–Crippen LogP) is 12.3. The van der Waals surface area contributed by atoms with Crippen LogP contribution in [0.25, 0.3) is 0 Å². The summed E-state index contributed by atoms with van der Waals surface area (Å²) in [5.41, 5.74) is 8.31. The van der Waals surface area contributed by atoms with Crippen molar-refractivity contribution < 1.29 is 39.6 Å². The molecule has 456 valence electrons. The molecule has 93 heavy (non-hydrogen) atoms. The summed E-state index contributed by atoms with van der Waals surface area (Å²) >= 11 is 0. The summed E-state index contributed by atoms with van der Waals surface area (Å²) in [6.07, 6.45) is -0.424. The molecule has 0 saturated carbocycles. The first kappa shape index (κ1) is 68.2. The van der Waals surface area contributed by atoms with Gasteiger partial charge in [-0.05, 0) is 66.8 Å². The molecular weight excluding hydrogens is 1260 g/mol.